The third kappa shape index (κ3) is 4.68. The second-order valence-electron chi connectivity index (χ2n) is 7.88. The predicted molar refractivity (Wildman–Crippen MR) is 126 cm³/mol. The molecular weight excluding hydrogens is 452 g/mol. The second kappa shape index (κ2) is 9.66. The molecule has 1 unspecified atom stereocenters. The summed E-state index contributed by atoms with van der Waals surface area (Å²) in [7, 11) is 1.57. The topological polar surface area (TPSA) is 76.6 Å². The van der Waals surface area contributed by atoms with Gasteiger partial charge in [-0.2, -0.15) is 5.10 Å². The minimum atomic E-state index is -1.13. The van der Waals surface area contributed by atoms with E-state index in [0.29, 0.717) is 5.52 Å². The first-order chi connectivity index (χ1) is 16.8. The molecule has 3 heterocycles. The van der Waals surface area contributed by atoms with Crippen molar-refractivity contribution in [1.29, 1.82) is 0 Å². The van der Waals surface area contributed by atoms with E-state index in [9.17, 15) is 23.5 Å². The number of aryl methyl sites for hydroxylation is 2. The quantitative estimate of drug-likeness (QED) is 0.458. The van der Waals surface area contributed by atoms with Crippen LogP contribution in [0, 0.1) is 42.2 Å². The molecule has 0 saturated heterocycles. The summed E-state index contributed by atoms with van der Waals surface area (Å²) in [6.07, 6.45) is 4.72. The molecule has 0 aliphatic heterocycles. The Labute approximate surface area is 199 Å². The van der Waals surface area contributed by atoms with E-state index in [-0.39, 0.29) is 34.2 Å². The summed E-state index contributed by atoms with van der Waals surface area (Å²) in [5.74, 6) is 7.69. The van der Waals surface area contributed by atoms with Crippen LogP contribution in [0.3, 0.4) is 0 Å². The van der Waals surface area contributed by atoms with E-state index >= 15 is 0 Å². The molecule has 0 aliphatic rings. The standard InChI is InChI=1S/C27H19F2N3O3/c1-17-16-30-32-14-12-22(27(34)35)20(25(17)32)8-5-3-4-7-19(21-9-6-13-31(2)26(21)33)23-15-18(28)10-11-24(23)29/h6,9-16,19H,7H2,1-2H3,(H,34,35). The highest BCUT2D eigenvalue weighted by Gasteiger charge is 2.21. The number of rotatable bonds is 4. The second-order valence-corrected chi connectivity index (χ2v) is 7.88. The molecule has 174 valence electrons. The Balaban J connectivity index is 1.74. The van der Waals surface area contributed by atoms with Crippen LogP contribution in [0.25, 0.3) is 5.52 Å². The molecule has 3 aromatic heterocycles. The molecule has 8 heteroatoms. The lowest BCUT2D eigenvalue weighted by molar-refractivity contribution is 0.0696. The van der Waals surface area contributed by atoms with Gasteiger partial charge in [-0.3, -0.25) is 4.79 Å². The number of carbonyl (C=O) groups is 1. The Hall–Kier alpha value is -4.69. The molecule has 0 aliphatic carbocycles. The molecule has 0 bridgehead atoms. The number of carboxylic acids is 1. The summed E-state index contributed by atoms with van der Waals surface area (Å²) in [4.78, 5) is 24.4. The molecule has 1 N–H and O–H groups in total. The lowest BCUT2D eigenvalue weighted by atomic mass is 9.89. The van der Waals surface area contributed by atoms with Crippen LogP contribution in [0.15, 0.2) is 59.8 Å². The zero-order valence-corrected chi connectivity index (χ0v) is 18.8. The maximum atomic E-state index is 14.6. The summed E-state index contributed by atoms with van der Waals surface area (Å²) < 4.78 is 31.4. The molecular formula is C27H19F2N3O3. The number of pyridine rings is 2. The van der Waals surface area contributed by atoms with Gasteiger partial charge in [-0.25, -0.2) is 18.1 Å². The molecule has 6 nitrogen and oxygen atoms in total. The van der Waals surface area contributed by atoms with Gasteiger partial charge in [0.15, 0.2) is 0 Å². The molecule has 4 rings (SSSR count). The van der Waals surface area contributed by atoms with Crippen LogP contribution in [-0.2, 0) is 7.05 Å². The number of halogens is 2. The Kier molecular flexibility index (Phi) is 6.48. The SMILES string of the molecule is Cc1cnn2ccc(C(=O)O)c(C#CC#CCC(c3cc(F)ccc3F)c3cccn(C)c3=O)c12. The van der Waals surface area contributed by atoms with Crippen LogP contribution in [-0.4, -0.2) is 25.3 Å². The van der Waals surface area contributed by atoms with Gasteiger partial charge in [-0.05, 0) is 66.1 Å². The van der Waals surface area contributed by atoms with Gasteiger partial charge in [-0.1, -0.05) is 12.0 Å². The lowest BCUT2D eigenvalue weighted by Crippen LogP contribution is -2.23. The van der Waals surface area contributed by atoms with Gasteiger partial charge < -0.3 is 9.67 Å². The van der Waals surface area contributed by atoms with Crippen molar-refractivity contribution in [3.63, 3.8) is 0 Å². The first-order valence-electron chi connectivity index (χ1n) is 10.6. The summed E-state index contributed by atoms with van der Waals surface area (Å²) >= 11 is 0. The van der Waals surface area contributed by atoms with E-state index < -0.39 is 23.5 Å². The molecule has 1 aromatic carbocycles. The first kappa shape index (κ1) is 23.5. The number of fused-ring (bicyclic) bond motifs is 1. The number of nitrogens with zero attached hydrogens (tertiary/aromatic N) is 3. The summed E-state index contributed by atoms with van der Waals surface area (Å²) in [6, 6.07) is 7.70. The Morgan fingerprint density at radius 2 is 1.94 bits per heavy atom. The number of hydrogen-bond acceptors (Lipinski definition) is 3. The average molecular weight is 471 g/mol. The van der Waals surface area contributed by atoms with E-state index in [1.807, 2.05) is 0 Å². The van der Waals surface area contributed by atoms with Crippen LogP contribution >= 0.6 is 0 Å². The third-order valence-corrected chi connectivity index (χ3v) is 5.60. The Morgan fingerprint density at radius 3 is 2.71 bits per heavy atom. The number of aromatic nitrogens is 3. The van der Waals surface area contributed by atoms with Crippen LogP contribution in [0.2, 0.25) is 0 Å². The van der Waals surface area contributed by atoms with Crippen LogP contribution < -0.4 is 5.56 Å². The Morgan fingerprint density at radius 1 is 1.14 bits per heavy atom. The van der Waals surface area contributed by atoms with Gasteiger partial charge in [0.25, 0.3) is 5.56 Å². The fourth-order valence-electron chi connectivity index (χ4n) is 3.88. The first-order valence-corrected chi connectivity index (χ1v) is 10.6. The normalized spacial score (nSPS) is 11.3. The molecule has 0 spiro atoms. The molecule has 35 heavy (non-hydrogen) atoms. The zero-order valence-electron chi connectivity index (χ0n) is 18.8. The van der Waals surface area contributed by atoms with Gasteiger partial charge in [-0.15, -0.1) is 0 Å². The van der Waals surface area contributed by atoms with Crippen molar-refractivity contribution in [3.8, 4) is 23.7 Å². The lowest BCUT2D eigenvalue weighted by Gasteiger charge is -2.16. The van der Waals surface area contributed by atoms with Crippen molar-refractivity contribution in [2.24, 2.45) is 7.05 Å². The molecule has 1 atom stereocenters. The number of aromatic carboxylic acids is 1. The fourth-order valence-corrected chi connectivity index (χ4v) is 3.88. The highest BCUT2D eigenvalue weighted by Crippen LogP contribution is 2.28. The van der Waals surface area contributed by atoms with Crippen molar-refractivity contribution in [2.45, 2.75) is 19.3 Å². The van der Waals surface area contributed by atoms with Crippen molar-refractivity contribution in [3.05, 3.63) is 105 Å². The van der Waals surface area contributed by atoms with Crippen molar-refractivity contribution < 1.29 is 18.7 Å². The van der Waals surface area contributed by atoms with Gasteiger partial charge in [0.05, 0.1) is 22.8 Å². The summed E-state index contributed by atoms with van der Waals surface area (Å²) in [6.45, 7) is 1.79. The zero-order chi connectivity index (χ0) is 25.1. The van der Waals surface area contributed by atoms with E-state index in [0.717, 1.165) is 23.8 Å². The predicted octanol–water partition coefficient (Wildman–Crippen LogP) is 3.89. The largest absolute Gasteiger partial charge is 0.478 e. The van der Waals surface area contributed by atoms with Crippen LogP contribution in [0.1, 0.15) is 45.0 Å². The summed E-state index contributed by atoms with van der Waals surface area (Å²) in [5, 5.41) is 13.7. The van der Waals surface area contributed by atoms with E-state index in [1.54, 1.807) is 44.7 Å². The highest BCUT2D eigenvalue weighted by molar-refractivity contribution is 5.94. The molecule has 0 saturated carbocycles. The van der Waals surface area contributed by atoms with Crippen LogP contribution in [0.4, 0.5) is 8.78 Å². The van der Waals surface area contributed by atoms with Crippen molar-refractivity contribution in [1.82, 2.24) is 14.2 Å². The fraction of sp³-hybridized carbons (Fsp3) is 0.148. The van der Waals surface area contributed by atoms with Crippen molar-refractivity contribution in [2.75, 3.05) is 0 Å². The van der Waals surface area contributed by atoms with Gasteiger partial charge >= 0.3 is 5.97 Å². The van der Waals surface area contributed by atoms with E-state index in [4.69, 9.17) is 0 Å². The van der Waals surface area contributed by atoms with E-state index in [1.165, 1.54) is 15.1 Å². The third-order valence-electron chi connectivity index (χ3n) is 5.60. The number of hydrogen-bond donors (Lipinski definition) is 1. The molecule has 4 aromatic rings. The minimum absolute atomic E-state index is 0.00396. The van der Waals surface area contributed by atoms with Gasteiger partial charge in [0.2, 0.25) is 0 Å². The maximum absolute atomic E-state index is 14.6. The Bertz CT molecular complexity index is 1650. The average Bonchev–Trinajstić information content (AvgIpc) is 3.21. The number of benzene rings is 1. The highest BCUT2D eigenvalue weighted by atomic mass is 19.1. The molecule has 0 fully saturated rings. The van der Waals surface area contributed by atoms with Gasteiger partial charge in [0.1, 0.15) is 11.6 Å². The smallest absolute Gasteiger partial charge is 0.337 e. The van der Waals surface area contributed by atoms with Crippen LogP contribution in [0.5, 0.6) is 0 Å². The maximum Gasteiger partial charge on any atom is 0.337 e. The minimum Gasteiger partial charge on any atom is -0.478 e. The monoisotopic (exact) mass is 471 g/mol. The van der Waals surface area contributed by atoms with Gasteiger partial charge in [0, 0.05) is 37.3 Å². The molecule has 0 radical (unpaired) electrons. The molecule has 0 amide bonds. The number of carboxylic acid groups (broad SMARTS) is 1. The van der Waals surface area contributed by atoms with Crippen molar-refractivity contribution >= 4 is 11.5 Å². The summed E-state index contributed by atoms with van der Waals surface area (Å²) in [5.41, 5.74) is 1.55. The van der Waals surface area contributed by atoms with E-state index in [2.05, 4.69) is 28.8 Å².